The average molecular weight is 437 g/mol. The summed E-state index contributed by atoms with van der Waals surface area (Å²) in [6.07, 6.45) is 5.09. The highest BCUT2D eigenvalue weighted by molar-refractivity contribution is 7.98. The molecule has 5 nitrogen and oxygen atoms in total. The molecular formula is C25H32N4OS. The van der Waals surface area contributed by atoms with Crippen LogP contribution in [0.1, 0.15) is 42.5 Å². The number of fused-ring (bicyclic) bond motifs is 1. The van der Waals surface area contributed by atoms with Crippen LogP contribution in [0.15, 0.2) is 35.4 Å². The number of ether oxygens (including phenoxy) is 1. The maximum atomic E-state index is 9.81. The summed E-state index contributed by atoms with van der Waals surface area (Å²) in [6.45, 7) is 9.90. The van der Waals surface area contributed by atoms with Crippen molar-refractivity contribution in [3.63, 3.8) is 0 Å². The van der Waals surface area contributed by atoms with Gasteiger partial charge in [-0.25, -0.2) is 4.98 Å². The quantitative estimate of drug-likeness (QED) is 0.630. The van der Waals surface area contributed by atoms with E-state index < -0.39 is 0 Å². The van der Waals surface area contributed by atoms with Gasteiger partial charge in [-0.05, 0) is 50.6 Å². The van der Waals surface area contributed by atoms with Crippen LogP contribution in [0.3, 0.4) is 0 Å². The molecule has 2 aromatic rings. The van der Waals surface area contributed by atoms with Crippen molar-refractivity contribution in [2.45, 2.75) is 50.3 Å². The second-order valence-electron chi connectivity index (χ2n) is 9.03. The molecule has 1 aromatic carbocycles. The summed E-state index contributed by atoms with van der Waals surface area (Å²) in [6, 6.07) is 13.2. The smallest absolute Gasteiger partial charge is 0.135 e. The summed E-state index contributed by atoms with van der Waals surface area (Å²) in [5.41, 5.74) is 4.17. The number of aryl methyl sites for hydroxylation is 1. The molecule has 4 rings (SSSR count). The highest BCUT2D eigenvalue weighted by atomic mass is 32.2. The van der Waals surface area contributed by atoms with E-state index in [1.165, 1.54) is 12.0 Å². The van der Waals surface area contributed by atoms with Gasteiger partial charge >= 0.3 is 0 Å². The molecule has 31 heavy (non-hydrogen) atoms. The van der Waals surface area contributed by atoms with E-state index in [4.69, 9.17) is 9.72 Å². The van der Waals surface area contributed by atoms with E-state index in [9.17, 15) is 5.26 Å². The fourth-order valence-electron chi connectivity index (χ4n) is 4.58. The third-order valence-electron chi connectivity index (χ3n) is 6.33. The van der Waals surface area contributed by atoms with Crippen molar-refractivity contribution in [3.05, 3.63) is 52.6 Å². The summed E-state index contributed by atoms with van der Waals surface area (Å²) in [5, 5.41) is 10.7. The monoisotopic (exact) mass is 436 g/mol. The van der Waals surface area contributed by atoms with Gasteiger partial charge in [0.2, 0.25) is 0 Å². The average Bonchev–Trinajstić information content (AvgIpc) is 2.78. The van der Waals surface area contributed by atoms with Crippen molar-refractivity contribution in [1.29, 1.82) is 5.26 Å². The molecule has 0 unspecified atom stereocenters. The van der Waals surface area contributed by atoms with Crippen LogP contribution in [0.2, 0.25) is 0 Å². The van der Waals surface area contributed by atoms with Crippen molar-refractivity contribution in [2.75, 3.05) is 43.9 Å². The number of aromatic nitrogens is 1. The number of benzene rings is 1. The molecule has 164 valence electrons. The Kier molecular flexibility index (Phi) is 6.86. The Morgan fingerprint density at radius 1 is 1.13 bits per heavy atom. The van der Waals surface area contributed by atoms with Crippen LogP contribution < -0.4 is 4.90 Å². The van der Waals surface area contributed by atoms with E-state index in [1.54, 1.807) is 11.8 Å². The minimum atomic E-state index is -0.246. The van der Waals surface area contributed by atoms with Gasteiger partial charge in [-0.15, -0.1) is 11.8 Å². The molecule has 0 atom stereocenters. The third-order valence-corrected chi connectivity index (χ3v) is 7.01. The fourth-order valence-corrected chi connectivity index (χ4v) is 5.14. The highest BCUT2D eigenvalue weighted by Crippen LogP contribution is 2.38. The van der Waals surface area contributed by atoms with Crippen molar-refractivity contribution < 1.29 is 4.74 Å². The fraction of sp³-hybridized carbons (Fsp3) is 0.520. The molecule has 6 heteroatoms. The normalized spacial score (nSPS) is 18.5. The lowest BCUT2D eigenvalue weighted by molar-refractivity contribution is -0.0402. The van der Waals surface area contributed by atoms with Crippen LogP contribution in [-0.2, 0) is 24.2 Å². The molecular weight excluding hydrogens is 404 g/mol. The standard InChI is InChI=1S/C25H32N4OS/c1-25(2)16-20-21(17-26)24(31-3)27-23(22(20)18-30-25)29-14-12-28(13-15-29)11-7-10-19-8-5-4-6-9-19/h4-6,8-9H,7,10-16,18H2,1-3H3. The maximum absolute atomic E-state index is 9.81. The summed E-state index contributed by atoms with van der Waals surface area (Å²) < 4.78 is 6.12. The predicted octanol–water partition coefficient (Wildman–Crippen LogP) is 4.28. The second kappa shape index (κ2) is 9.60. The Balaban J connectivity index is 1.44. The maximum Gasteiger partial charge on any atom is 0.135 e. The van der Waals surface area contributed by atoms with E-state index in [2.05, 4.69) is 60.0 Å². The molecule has 1 aromatic heterocycles. The van der Waals surface area contributed by atoms with Crippen molar-refractivity contribution >= 4 is 17.6 Å². The summed E-state index contributed by atoms with van der Waals surface area (Å²) in [5.74, 6) is 1.03. The number of thioether (sulfide) groups is 1. The van der Waals surface area contributed by atoms with Crippen molar-refractivity contribution in [1.82, 2.24) is 9.88 Å². The first-order valence-corrected chi connectivity index (χ1v) is 12.4. The number of pyridine rings is 1. The van der Waals surface area contributed by atoms with Gasteiger partial charge in [0, 0.05) is 38.2 Å². The number of anilines is 1. The highest BCUT2D eigenvalue weighted by Gasteiger charge is 2.33. The van der Waals surface area contributed by atoms with Crippen LogP contribution >= 0.6 is 11.8 Å². The first kappa shape index (κ1) is 22.1. The number of rotatable bonds is 6. The van der Waals surface area contributed by atoms with Gasteiger partial charge in [-0.2, -0.15) is 5.26 Å². The lowest BCUT2D eigenvalue weighted by Gasteiger charge is -2.39. The molecule has 2 aliphatic rings. The van der Waals surface area contributed by atoms with Crippen molar-refractivity contribution in [2.24, 2.45) is 0 Å². The summed E-state index contributed by atoms with van der Waals surface area (Å²) >= 11 is 1.57. The zero-order valence-corrected chi connectivity index (χ0v) is 19.7. The lowest BCUT2D eigenvalue weighted by Crippen LogP contribution is -2.47. The van der Waals surface area contributed by atoms with Gasteiger partial charge in [-0.1, -0.05) is 30.3 Å². The Morgan fingerprint density at radius 2 is 1.87 bits per heavy atom. The number of nitrogens with zero attached hydrogens (tertiary/aromatic N) is 4. The second-order valence-corrected chi connectivity index (χ2v) is 9.83. The zero-order valence-electron chi connectivity index (χ0n) is 18.9. The predicted molar refractivity (Wildman–Crippen MR) is 127 cm³/mol. The van der Waals surface area contributed by atoms with Crippen LogP contribution in [0.5, 0.6) is 0 Å². The van der Waals surface area contributed by atoms with Gasteiger partial charge in [0.1, 0.15) is 16.9 Å². The molecule has 0 aliphatic carbocycles. The molecule has 3 heterocycles. The number of hydrogen-bond acceptors (Lipinski definition) is 6. The molecule has 0 bridgehead atoms. The molecule has 0 spiro atoms. The summed E-state index contributed by atoms with van der Waals surface area (Å²) in [7, 11) is 0. The molecule has 1 fully saturated rings. The minimum absolute atomic E-state index is 0.246. The zero-order chi connectivity index (χ0) is 21.8. The van der Waals surface area contributed by atoms with Crippen molar-refractivity contribution in [3.8, 4) is 6.07 Å². The number of nitriles is 1. The molecule has 0 N–H and O–H groups in total. The Hall–Kier alpha value is -2.07. The number of hydrogen-bond donors (Lipinski definition) is 0. The SMILES string of the molecule is CSc1nc(N2CCN(CCCc3ccccc3)CC2)c2c(c1C#N)CC(C)(C)OC2. The van der Waals surface area contributed by atoms with E-state index >= 15 is 0 Å². The number of piperazine rings is 1. The van der Waals surface area contributed by atoms with E-state index in [-0.39, 0.29) is 5.60 Å². The van der Waals surface area contributed by atoms with Crippen LogP contribution in [0.25, 0.3) is 0 Å². The molecule has 1 saturated heterocycles. The van der Waals surface area contributed by atoms with Gasteiger partial charge in [-0.3, -0.25) is 4.90 Å². The van der Waals surface area contributed by atoms with Crippen LogP contribution in [0, 0.1) is 11.3 Å². The molecule has 2 aliphatic heterocycles. The van der Waals surface area contributed by atoms with E-state index in [1.807, 2.05) is 6.26 Å². The van der Waals surface area contributed by atoms with Crippen LogP contribution in [-0.4, -0.2) is 54.5 Å². The first-order chi connectivity index (χ1) is 15.0. The van der Waals surface area contributed by atoms with E-state index in [0.29, 0.717) is 6.61 Å². The first-order valence-electron chi connectivity index (χ1n) is 11.2. The van der Waals surface area contributed by atoms with Gasteiger partial charge in [0.25, 0.3) is 0 Å². The molecule has 0 radical (unpaired) electrons. The van der Waals surface area contributed by atoms with E-state index in [0.717, 1.165) is 73.1 Å². The topological polar surface area (TPSA) is 52.4 Å². The van der Waals surface area contributed by atoms with Gasteiger partial charge in [0.15, 0.2) is 0 Å². The molecule has 0 saturated carbocycles. The Bertz CT molecular complexity index is 946. The minimum Gasteiger partial charge on any atom is -0.370 e. The lowest BCUT2D eigenvalue weighted by atomic mass is 9.89. The third kappa shape index (κ3) is 5.06. The van der Waals surface area contributed by atoms with Gasteiger partial charge in [0.05, 0.1) is 17.8 Å². The summed E-state index contributed by atoms with van der Waals surface area (Å²) in [4.78, 5) is 9.90. The Morgan fingerprint density at radius 3 is 2.55 bits per heavy atom. The Labute approximate surface area is 190 Å². The van der Waals surface area contributed by atoms with Gasteiger partial charge < -0.3 is 9.64 Å². The molecule has 0 amide bonds. The largest absolute Gasteiger partial charge is 0.370 e. The van der Waals surface area contributed by atoms with Crippen LogP contribution in [0.4, 0.5) is 5.82 Å².